The first-order valence-corrected chi connectivity index (χ1v) is 14.4. The summed E-state index contributed by atoms with van der Waals surface area (Å²) in [6, 6.07) is 3.22. The number of hydrogen-bond donors (Lipinski definition) is 2. The first-order valence-electron chi connectivity index (χ1n) is 14.4. The average Bonchev–Trinajstić information content (AvgIpc) is 3.14. The van der Waals surface area contributed by atoms with Crippen LogP contribution in [0, 0.1) is 0 Å². The van der Waals surface area contributed by atoms with Crippen LogP contribution in [-0.2, 0) is 0 Å². The van der Waals surface area contributed by atoms with Crippen molar-refractivity contribution in [2.45, 2.75) is 155 Å². The summed E-state index contributed by atoms with van der Waals surface area (Å²) in [6.07, 6.45) is 29.0. The van der Waals surface area contributed by atoms with Crippen molar-refractivity contribution in [2.75, 3.05) is 0 Å². The Kier molecular flexibility index (Phi) is 18.0. The van der Waals surface area contributed by atoms with E-state index in [1.165, 1.54) is 108 Å². The van der Waals surface area contributed by atoms with Crippen molar-refractivity contribution in [3.05, 3.63) is 23.8 Å². The minimum atomic E-state index is 0.0565. The van der Waals surface area contributed by atoms with Crippen LogP contribution < -0.4 is 0 Å². The highest BCUT2D eigenvalue weighted by atomic mass is 16.3. The molecule has 1 atom stereocenters. The van der Waals surface area contributed by atoms with Crippen LogP contribution in [0.3, 0.4) is 0 Å². The Labute approximate surface area is 205 Å². The summed E-state index contributed by atoms with van der Waals surface area (Å²) >= 11 is 0. The number of aromatic nitrogens is 1. The van der Waals surface area contributed by atoms with E-state index in [-0.39, 0.29) is 17.8 Å². The van der Waals surface area contributed by atoms with E-state index in [0.717, 1.165) is 25.7 Å². The van der Waals surface area contributed by atoms with Crippen LogP contribution in [-0.4, -0.2) is 14.8 Å². The van der Waals surface area contributed by atoms with Gasteiger partial charge >= 0.3 is 0 Å². The van der Waals surface area contributed by atoms with Gasteiger partial charge in [0, 0.05) is 12.1 Å². The monoisotopic (exact) mass is 461 g/mol. The molecule has 0 saturated carbocycles. The second kappa shape index (κ2) is 20.0. The average molecular weight is 462 g/mol. The third kappa shape index (κ3) is 13.8. The molecule has 1 aromatic rings. The van der Waals surface area contributed by atoms with Crippen molar-refractivity contribution in [3.8, 4) is 11.8 Å². The molecule has 1 heterocycles. The van der Waals surface area contributed by atoms with Crippen LogP contribution in [0.15, 0.2) is 23.8 Å². The summed E-state index contributed by atoms with van der Waals surface area (Å²) in [5.74, 6) is 0.313. The molecule has 1 aromatic heterocycles. The lowest BCUT2D eigenvalue weighted by Gasteiger charge is -2.22. The van der Waals surface area contributed by atoms with Crippen LogP contribution >= 0.6 is 0 Å². The largest absolute Gasteiger partial charge is 0.494 e. The molecule has 0 saturated heterocycles. The zero-order valence-corrected chi connectivity index (χ0v) is 22.3. The molecule has 0 aliphatic heterocycles. The van der Waals surface area contributed by atoms with Gasteiger partial charge < -0.3 is 10.2 Å². The number of nitrogens with zero attached hydrogens (tertiary/aromatic N) is 1. The van der Waals surface area contributed by atoms with E-state index in [4.69, 9.17) is 0 Å². The third-order valence-corrected chi connectivity index (χ3v) is 7.07. The standard InChI is InChI=1S/C30H55NO2/c1-4-6-8-9-10-11-12-13-14-15-16-17-18-19-20-21-22-23-27(3)28(24-7-5-2)31-29(32)25-26-30(31)33/h23,25-26,28,32-33H,4-22,24H2,1-3H3. The maximum Gasteiger partial charge on any atom is 0.194 e. The molecule has 0 aromatic carbocycles. The molecular formula is C30H55NO2. The Bertz CT molecular complexity index is 585. The first kappa shape index (κ1) is 29.7. The van der Waals surface area contributed by atoms with Gasteiger partial charge in [-0.15, -0.1) is 0 Å². The second-order valence-electron chi connectivity index (χ2n) is 10.1. The highest BCUT2D eigenvalue weighted by Gasteiger charge is 2.18. The van der Waals surface area contributed by atoms with E-state index in [1.807, 2.05) is 0 Å². The van der Waals surface area contributed by atoms with Crippen LogP contribution in [0.1, 0.15) is 155 Å². The van der Waals surface area contributed by atoms with Gasteiger partial charge in [-0.05, 0) is 26.2 Å². The quantitative estimate of drug-likeness (QED) is 0.133. The van der Waals surface area contributed by atoms with Crippen molar-refractivity contribution >= 4 is 0 Å². The summed E-state index contributed by atoms with van der Waals surface area (Å²) in [7, 11) is 0. The molecule has 33 heavy (non-hydrogen) atoms. The van der Waals surface area contributed by atoms with Crippen LogP contribution in [0.25, 0.3) is 0 Å². The van der Waals surface area contributed by atoms with Gasteiger partial charge in [-0.25, -0.2) is 0 Å². The fourth-order valence-electron chi connectivity index (χ4n) is 4.86. The molecule has 3 heteroatoms. The highest BCUT2D eigenvalue weighted by Crippen LogP contribution is 2.34. The summed E-state index contributed by atoms with van der Waals surface area (Å²) in [6.45, 7) is 6.62. The maximum atomic E-state index is 10.1. The summed E-state index contributed by atoms with van der Waals surface area (Å²) < 4.78 is 1.68. The molecular weight excluding hydrogens is 406 g/mol. The first-order chi connectivity index (χ1) is 16.1. The lowest BCUT2D eigenvalue weighted by Crippen LogP contribution is -2.10. The van der Waals surface area contributed by atoms with Crippen LogP contribution in [0.4, 0.5) is 0 Å². The normalized spacial score (nSPS) is 13.0. The van der Waals surface area contributed by atoms with Gasteiger partial charge in [0.25, 0.3) is 0 Å². The van der Waals surface area contributed by atoms with Gasteiger partial charge in [0.05, 0.1) is 6.04 Å². The molecule has 2 N–H and O–H groups in total. The lowest BCUT2D eigenvalue weighted by molar-refractivity contribution is 0.337. The fourth-order valence-corrected chi connectivity index (χ4v) is 4.86. The number of hydrogen-bond acceptors (Lipinski definition) is 2. The Balaban J connectivity index is 2.06. The minimum absolute atomic E-state index is 0.0565. The predicted octanol–water partition coefficient (Wildman–Crippen LogP) is 10.2. The van der Waals surface area contributed by atoms with Gasteiger partial charge in [0.1, 0.15) is 0 Å². The van der Waals surface area contributed by atoms with Crippen molar-refractivity contribution in [1.82, 2.24) is 4.57 Å². The van der Waals surface area contributed by atoms with Crippen LogP contribution in [0.5, 0.6) is 11.8 Å². The van der Waals surface area contributed by atoms with Gasteiger partial charge in [0.15, 0.2) is 11.8 Å². The van der Waals surface area contributed by atoms with Gasteiger partial charge in [-0.1, -0.05) is 135 Å². The molecule has 1 unspecified atom stereocenters. The molecule has 0 aliphatic carbocycles. The molecule has 0 spiro atoms. The zero-order valence-electron chi connectivity index (χ0n) is 22.3. The molecule has 3 nitrogen and oxygen atoms in total. The molecule has 0 fully saturated rings. The summed E-state index contributed by atoms with van der Waals surface area (Å²) in [5, 5.41) is 20.3. The van der Waals surface area contributed by atoms with E-state index >= 15 is 0 Å². The zero-order chi connectivity index (χ0) is 24.2. The van der Waals surface area contributed by atoms with E-state index in [9.17, 15) is 10.2 Å². The van der Waals surface area contributed by atoms with E-state index in [0.29, 0.717) is 0 Å². The second-order valence-corrected chi connectivity index (χ2v) is 10.1. The molecule has 1 rings (SSSR count). The topological polar surface area (TPSA) is 45.4 Å². The Morgan fingerprint density at radius 1 is 0.667 bits per heavy atom. The predicted molar refractivity (Wildman–Crippen MR) is 144 cm³/mol. The molecule has 0 radical (unpaired) electrons. The molecule has 0 bridgehead atoms. The molecule has 0 aliphatic rings. The summed E-state index contributed by atoms with van der Waals surface area (Å²) in [5.41, 5.74) is 1.26. The van der Waals surface area contributed by atoms with Gasteiger partial charge in [-0.3, -0.25) is 4.57 Å². The SMILES string of the molecule is CCCCCCCCCCCCCCCCCCC=C(C)C(CCCC)n1c(O)ccc1O. The Morgan fingerprint density at radius 2 is 1.06 bits per heavy atom. The smallest absolute Gasteiger partial charge is 0.194 e. The van der Waals surface area contributed by atoms with E-state index < -0.39 is 0 Å². The third-order valence-electron chi connectivity index (χ3n) is 7.07. The van der Waals surface area contributed by atoms with Crippen LogP contribution in [0.2, 0.25) is 0 Å². The van der Waals surface area contributed by atoms with Crippen molar-refractivity contribution in [3.63, 3.8) is 0 Å². The van der Waals surface area contributed by atoms with Crippen molar-refractivity contribution in [2.24, 2.45) is 0 Å². The van der Waals surface area contributed by atoms with E-state index in [1.54, 1.807) is 16.7 Å². The Hall–Kier alpha value is -1.38. The Morgan fingerprint density at radius 3 is 1.48 bits per heavy atom. The fraction of sp³-hybridized carbons (Fsp3) is 0.800. The molecule has 192 valence electrons. The number of allylic oxidation sites excluding steroid dienone is 2. The van der Waals surface area contributed by atoms with Crippen molar-refractivity contribution in [1.29, 1.82) is 0 Å². The number of unbranched alkanes of at least 4 members (excludes halogenated alkanes) is 17. The maximum absolute atomic E-state index is 10.1. The summed E-state index contributed by atoms with van der Waals surface area (Å²) in [4.78, 5) is 0. The number of rotatable bonds is 22. The van der Waals surface area contributed by atoms with Gasteiger partial charge in [-0.2, -0.15) is 0 Å². The van der Waals surface area contributed by atoms with E-state index in [2.05, 4.69) is 26.8 Å². The molecule has 0 amide bonds. The van der Waals surface area contributed by atoms with Crippen molar-refractivity contribution < 1.29 is 10.2 Å². The number of aromatic hydroxyl groups is 2. The lowest BCUT2D eigenvalue weighted by atomic mass is 10.00. The van der Waals surface area contributed by atoms with Gasteiger partial charge in [0.2, 0.25) is 0 Å². The highest BCUT2D eigenvalue weighted by molar-refractivity contribution is 5.28. The minimum Gasteiger partial charge on any atom is -0.494 e.